The highest BCUT2D eigenvalue weighted by Gasteiger charge is 2.10. The Morgan fingerprint density at radius 2 is 2.00 bits per heavy atom. The van der Waals surface area contributed by atoms with E-state index in [-0.39, 0.29) is 5.56 Å². The summed E-state index contributed by atoms with van der Waals surface area (Å²) in [6.07, 6.45) is 1.78. The van der Waals surface area contributed by atoms with E-state index in [1.165, 1.54) is 5.56 Å². The molecule has 3 heteroatoms. The Kier molecular flexibility index (Phi) is 3.41. The highest BCUT2D eigenvalue weighted by molar-refractivity contribution is 5.88. The topological polar surface area (TPSA) is 31.2 Å². The van der Waals surface area contributed by atoms with Crippen LogP contribution in [0.3, 0.4) is 0 Å². The molecule has 0 spiro atoms. The molecule has 0 saturated heterocycles. The van der Waals surface area contributed by atoms with Crippen molar-refractivity contribution in [3.8, 4) is 5.75 Å². The van der Waals surface area contributed by atoms with E-state index in [0.29, 0.717) is 12.5 Å². The van der Waals surface area contributed by atoms with Crippen molar-refractivity contribution in [1.82, 2.24) is 4.57 Å². The second-order valence-corrected chi connectivity index (χ2v) is 4.75. The van der Waals surface area contributed by atoms with Gasteiger partial charge in [-0.3, -0.25) is 4.79 Å². The number of rotatable bonds is 3. The van der Waals surface area contributed by atoms with Gasteiger partial charge in [0.15, 0.2) is 0 Å². The van der Waals surface area contributed by atoms with Crippen molar-refractivity contribution < 1.29 is 4.74 Å². The quantitative estimate of drug-likeness (QED) is 0.831. The average Bonchev–Trinajstić information content (AvgIpc) is 2.39. The van der Waals surface area contributed by atoms with Crippen LogP contribution in [0.5, 0.6) is 5.75 Å². The molecule has 0 aliphatic rings. The smallest absolute Gasteiger partial charge is 0.258 e. The number of aryl methyl sites for hydroxylation is 1. The highest BCUT2D eigenvalue weighted by Crippen LogP contribution is 2.26. The summed E-state index contributed by atoms with van der Waals surface area (Å²) in [4.78, 5) is 12.3. The SMILES string of the molecule is CCn1cc(OC)c2ccc(C(C)C)cc2c1=O. The minimum atomic E-state index is 0.0517. The van der Waals surface area contributed by atoms with E-state index in [9.17, 15) is 4.79 Å². The van der Waals surface area contributed by atoms with Gasteiger partial charge in [0.1, 0.15) is 5.75 Å². The largest absolute Gasteiger partial charge is 0.495 e. The van der Waals surface area contributed by atoms with E-state index in [1.54, 1.807) is 17.9 Å². The third kappa shape index (κ3) is 2.01. The molecule has 0 aliphatic carbocycles. The maximum atomic E-state index is 12.3. The Hall–Kier alpha value is -1.77. The highest BCUT2D eigenvalue weighted by atomic mass is 16.5. The van der Waals surface area contributed by atoms with Crippen molar-refractivity contribution in [2.24, 2.45) is 0 Å². The van der Waals surface area contributed by atoms with Crippen LogP contribution in [0.25, 0.3) is 10.8 Å². The van der Waals surface area contributed by atoms with Crippen LogP contribution < -0.4 is 10.3 Å². The fraction of sp³-hybridized carbons (Fsp3) is 0.400. The summed E-state index contributed by atoms with van der Waals surface area (Å²) < 4.78 is 7.05. The first kappa shape index (κ1) is 12.7. The van der Waals surface area contributed by atoms with Crippen LogP contribution in [-0.2, 0) is 6.54 Å². The van der Waals surface area contributed by atoms with Crippen LogP contribution in [0.15, 0.2) is 29.2 Å². The van der Waals surface area contributed by atoms with E-state index < -0.39 is 0 Å². The first-order valence-corrected chi connectivity index (χ1v) is 6.29. The van der Waals surface area contributed by atoms with E-state index >= 15 is 0 Å². The summed E-state index contributed by atoms with van der Waals surface area (Å²) in [5, 5.41) is 1.62. The summed E-state index contributed by atoms with van der Waals surface area (Å²) in [5.41, 5.74) is 1.23. The Balaban J connectivity index is 2.83. The average molecular weight is 245 g/mol. The standard InChI is InChI=1S/C15H19NO2/c1-5-16-9-14(18-4)12-7-6-11(10(2)3)8-13(12)15(16)17/h6-10H,5H2,1-4H3. The molecular weight excluding hydrogens is 226 g/mol. The Morgan fingerprint density at radius 1 is 1.28 bits per heavy atom. The van der Waals surface area contributed by atoms with Gasteiger partial charge < -0.3 is 9.30 Å². The molecule has 0 aliphatic heterocycles. The molecule has 0 radical (unpaired) electrons. The zero-order valence-electron chi connectivity index (χ0n) is 11.4. The van der Waals surface area contributed by atoms with Gasteiger partial charge >= 0.3 is 0 Å². The molecule has 2 rings (SSSR count). The molecule has 0 amide bonds. The number of nitrogens with zero attached hydrogens (tertiary/aromatic N) is 1. The van der Waals surface area contributed by atoms with Gasteiger partial charge in [0, 0.05) is 18.1 Å². The molecule has 0 bridgehead atoms. The summed E-state index contributed by atoms with van der Waals surface area (Å²) in [6, 6.07) is 6.02. The predicted molar refractivity (Wildman–Crippen MR) is 74.5 cm³/mol. The van der Waals surface area contributed by atoms with Crippen molar-refractivity contribution in [3.63, 3.8) is 0 Å². The van der Waals surface area contributed by atoms with Crippen LogP contribution in [-0.4, -0.2) is 11.7 Å². The van der Waals surface area contributed by atoms with Crippen LogP contribution in [0.2, 0.25) is 0 Å². The molecular formula is C15H19NO2. The number of pyridine rings is 1. The number of ether oxygens (including phenoxy) is 1. The van der Waals surface area contributed by atoms with Gasteiger partial charge in [-0.05, 0) is 24.5 Å². The molecule has 2 aromatic rings. The Morgan fingerprint density at radius 3 is 2.56 bits per heavy atom. The molecule has 96 valence electrons. The molecule has 0 atom stereocenters. The molecule has 1 aromatic heterocycles. The number of fused-ring (bicyclic) bond motifs is 1. The van der Waals surface area contributed by atoms with Crippen LogP contribution in [0.1, 0.15) is 32.3 Å². The van der Waals surface area contributed by atoms with Gasteiger partial charge in [-0.25, -0.2) is 0 Å². The lowest BCUT2D eigenvalue weighted by molar-refractivity contribution is 0.414. The molecule has 0 saturated carbocycles. The minimum absolute atomic E-state index is 0.0517. The Labute approximate surface area is 107 Å². The molecule has 0 N–H and O–H groups in total. The van der Waals surface area contributed by atoms with Crippen LogP contribution in [0, 0.1) is 0 Å². The normalized spacial score (nSPS) is 11.2. The number of benzene rings is 1. The van der Waals surface area contributed by atoms with Crippen molar-refractivity contribution in [2.75, 3.05) is 7.11 Å². The summed E-state index contributed by atoms with van der Waals surface area (Å²) in [7, 11) is 1.63. The third-order valence-electron chi connectivity index (χ3n) is 3.30. The van der Waals surface area contributed by atoms with E-state index in [0.717, 1.165) is 16.5 Å². The lowest BCUT2D eigenvalue weighted by Crippen LogP contribution is -2.19. The second-order valence-electron chi connectivity index (χ2n) is 4.75. The maximum absolute atomic E-state index is 12.3. The first-order valence-electron chi connectivity index (χ1n) is 6.29. The lowest BCUT2D eigenvalue weighted by Gasteiger charge is -2.12. The van der Waals surface area contributed by atoms with Gasteiger partial charge in [0.2, 0.25) is 0 Å². The predicted octanol–water partition coefficient (Wildman–Crippen LogP) is 3.15. The number of hydrogen-bond donors (Lipinski definition) is 0. The summed E-state index contributed by atoms with van der Waals surface area (Å²) >= 11 is 0. The molecule has 0 fully saturated rings. The van der Waals surface area contributed by atoms with Gasteiger partial charge in [0.25, 0.3) is 5.56 Å². The zero-order chi connectivity index (χ0) is 13.3. The fourth-order valence-electron chi connectivity index (χ4n) is 2.13. The molecule has 18 heavy (non-hydrogen) atoms. The maximum Gasteiger partial charge on any atom is 0.258 e. The fourth-order valence-corrected chi connectivity index (χ4v) is 2.13. The first-order chi connectivity index (χ1) is 8.58. The summed E-state index contributed by atoms with van der Waals surface area (Å²) in [6.45, 7) is 6.86. The van der Waals surface area contributed by atoms with Gasteiger partial charge in [-0.2, -0.15) is 0 Å². The molecule has 0 unspecified atom stereocenters. The Bertz CT molecular complexity index is 626. The van der Waals surface area contributed by atoms with Gasteiger partial charge in [-0.15, -0.1) is 0 Å². The van der Waals surface area contributed by atoms with Crippen molar-refractivity contribution in [2.45, 2.75) is 33.2 Å². The van der Waals surface area contributed by atoms with Gasteiger partial charge in [-0.1, -0.05) is 26.0 Å². The second kappa shape index (κ2) is 4.84. The third-order valence-corrected chi connectivity index (χ3v) is 3.30. The van der Waals surface area contributed by atoms with E-state index in [2.05, 4.69) is 19.9 Å². The van der Waals surface area contributed by atoms with Crippen molar-refractivity contribution in [3.05, 3.63) is 40.3 Å². The van der Waals surface area contributed by atoms with Crippen molar-refractivity contribution in [1.29, 1.82) is 0 Å². The molecule has 1 aromatic carbocycles. The molecule has 3 nitrogen and oxygen atoms in total. The lowest BCUT2D eigenvalue weighted by atomic mass is 10.00. The monoisotopic (exact) mass is 245 g/mol. The van der Waals surface area contributed by atoms with Crippen molar-refractivity contribution >= 4 is 10.8 Å². The van der Waals surface area contributed by atoms with Gasteiger partial charge in [0.05, 0.1) is 12.5 Å². The zero-order valence-corrected chi connectivity index (χ0v) is 11.4. The number of hydrogen-bond acceptors (Lipinski definition) is 2. The number of methoxy groups -OCH3 is 1. The number of aromatic nitrogens is 1. The van der Waals surface area contributed by atoms with Crippen LogP contribution >= 0.6 is 0 Å². The van der Waals surface area contributed by atoms with E-state index in [1.807, 2.05) is 19.1 Å². The van der Waals surface area contributed by atoms with Crippen LogP contribution in [0.4, 0.5) is 0 Å². The molecule has 1 heterocycles. The summed E-state index contributed by atoms with van der Waals surface area (Å²) in [5.74, 6) is 1.16. The minimum Gasteiger partial charge on any atom is -0.495 e. The van der Waals surface area contributed by atoms with E-state index in [4.69, 9.17) is 4.74 Å².